The van der Waals surface area contributed by atoms with E-state index in [0.717, 1.165) is 22.7 Å². The number of benzene rings is 1. The molecule has 0 saturated heterocycles. The molecule has 5 heteroatoms. The number of hydrogen-bond donors (Lipinski definition) is 1. The SMILES string of the molecule is CCc1cc(C(=O)Nc2ccccc2SC)ncn1. The molecule has 1 amide bonds. The van der Waals surface area contributed by atoms with Crippen LogP contribution in [0.25, 0.3) is 0 Å². The van der Waals surface area contributed by atoms with Gasteiger partial charge in [0.25, 0.3) is 5.91 Å². The highest BCUT2D eigenvalue weighted by atomic mass is 32.2. The molecule has 0 bridgehead atoms. The van der Waals surface area contributed by atoms with E-state index in [9.17, 15) is 4.79 Å². The first kappa shape index (κ1) is 13.5. The molecule has 0 unspecified atom stereocenters. The van der Waals surface area contributed by atoms with Crippen LogP contribution in [-0.2, 0) is 6.42 Å². The van der Waals surface area contributed by atoms with Gasteiger partial charge in [-0.3, -0.25) is 4.79 Å². The fraction of sp³-hybridized carbons (Fsp3) is 0.214. The zero-order valence-corrected chi connectivity index (χ0v) is 11.7. The Hall–Kier alpha value is -1.88. The molecular weight excluding hydrogens is 258 g/mol. The Morgan fingerprint density at radius 2 is 2.11 bits per heavy atom. The molecular formula is C14H15N3OS. The van der Waals surface area contributed by atoms with Crippen molar-refractivity contribution < 1.29 is 4.79 Å². The second-order valence-corrected chi connectivity index (χ2v) is 4.75. The number of carbonyl (C=O) groups is 1. The Morgan fingerprint density at radius 3 is 2.84 bits per heavy atom. The van der Waals surface area contributed by atoms with E-state index in [1.54, 1.807) is 17.8 Å². The van der Waals surface area contributed by atoms with E-state index in [1.807, 2.05) is 37.4 Å². The molecule has 0 aliphatic heterocycles. The van der Waals surface area contributed by atoms with E-state index in [2.05, 4.69) is 15.3 Å². The van der Waals surface area contributed by atoms with Crippen molar-refractivity contribution >= 4 is 23.4 Å². The fourth-order valence-corrected chi connectivity index (χ4v) is 2.20. The van der Waals surface area contributed by atoms with Crippen LogP contribution in [0.1, 0.15) is 23.1 Å². The number of nitrogens with zero attached hydrogens (tertiary/aromatic N) is 2. The largest absolute Gasteiger partial charge is 0.320 e. The van der Waals surface area contributed by atoms with Gasteiger partial charge in [0.1, 0.15) is 12.0 Å². The molecule has 0 fully saturated rings. The number of rotatable bonds is 4. The summed E-state index contributed by atoms with van der Waals surface area (Å²) in [4.78, 5) is 21.3. The smallest absolute Gasteiger partial charge is 0.274 e. The number of aryl methyl sites for hydroxylation is 1. The molecule has 0 radical (unpaired) electrons. The van der Waals surface area contributed by atoms with E-state index >= 15 is 0 Å². The average molecular weight is 273 g/mol. The number of carbonyl (C=O) groups excluding carboxylic acids is 1. The lowest BCUT2D eigenvalue weighted by Gasteiger charge is -2.08. The summed E-state index contributed by atoms with van der Waals surface area (Å²) in [6.45, 7) is 1.99. The molecule has 1 N–H and O–H groups in total. The Labute approximate surface area is 116 Å². The minimum atomic E-state index is -0.210. The van der Waals surface area contributed by atoms with E-state index < -0.39 is 0 Å². The van der Waals surface area contributed by atoms with Gasteiger partial charge in [-0.25, -0.2) is 9.97 Å². The van der Waals surface area contributed by atoms with Crippen molar-refractivity contribution in [3.8, 4) is 0 Å². The molecule has 19 heavy (non-hydrogen) atoms. The van der Waals surface area contributed by atoms with Crippen LogP contribution in [-0.4, -0.2) is 22.1 Å². The van der Waals surface area contributed by atoms with Crippen LogP contribution in [0.2, 0.25) is 0 Å². The summed E-state index contributed by atoms with van der Waals surface area (Å²) in [6.07, 6.45) is 4.18. The van der Waals surface area contributed by atoms with Crippen LogP contribution < -0.4 is 5.32 Å². The summed E-state index contributed by atoms with van der Waals surface area (Å²) in [5, 5.41) is 2.88. The number of nitrogens with one attached hydrogen (secondary N) is 1. The maximum Gasteiger partial charge on any atom is 0.274 e. The molecule has 2 aromatic rings. The maximum atomic E-state index is 12.1. The summed E-state index contributed by atoms with van der Waals surface area (Å²) >= 11 is 1.59. The highest BCUT2D eigenvalue weighted by Gasteiger charge is 2.10. The predicted octanol–water partition coefficient (Wildman–Crippen LogP) is 3.01. The molecule has 1 aromatic heterocycles. The fourth-order valence-electron chi connectivity index (χ4n) is 1.65. The van der Waals surface area contributed by atoms with Gasteiger partial charge < -0.3 is 5.32 Å². The highest BCUT2D eigenvalue weighted by Crippen LogP contribution is 2.24. The molecule has 0 spiro atoms. The van der Waals surface area contributed by atoms with Crippen LogP contribution in [0.3, 0.4) is 0 Å². The Bertz CT molecular complexity index is 586. The Morgan fingerprint density at radius 1 is 1.32 bits per heavy atom. The summed E-state index contributed by atoms with van der Waals surface area (Å²) in [5.74, 6) is -0.210. The molecule has 4 nitrogen and oxygen atoms in total. The van der Waals surface area contributed by atoms with Crippen LogP contribution in [0.4, 0.5) is 5.69 Å². The molecule has 0 atom stereocenters. The van der Waals surface area contributed by atoms with E-state index in [1.165, 1.54) is 6.33 Å². The summed E-state index contributed by atoms with van der Waals surface area (Å²) < 4.78 is 0. The second-order valence-electron chi connectivity index (χ2n) is 3.90. The van der Waals surface area contributed by atoms with Gasteiger partial charge in [0.2, 0.25) is 0 Å². The second kappa shape index (κ2) is 6.33. The van der Waals surface area contributed by atoms with Gasteiger partial charge in [-0.1, -0.05) is 19.1 Å². The molecule has 98 valence electrons. The van der Waals surface area contributed by atoms with Gasteiger partial charge in [0.05, 0.1) is 5.69 Å². The van der Waals surface area contributed by atoms with Gasteiger partial charge in [-0.2, -0.15) is 0 Å². The summed E-state index contributed by atoms with van der Waals surface area (Å²) in [5.41, 5.74) is 2.05. The molecule has 0 aliphatic rings. The number of amides is 1. The first-order chi connectivity index (χ1) is 9.24. The van der Waals surface area contributed by atoms with Gasteiger partial charge in [-0.05, 0) is 30.9 Å². The van der Waals surface area contributed by atoms with Crippen LogP contribution in [0, 0.1) is 0 Å². The van der Waals surface area contributed by atoms with Crippen molar-refractivity contribution in [2.45, 2.75) is 18.2 Å². The average Bonchev–Trinajstić information content (AvgIpc) is 2.47. The molecule has 1 heterocycles. The number of aromatic nitrogens is 2. The zero-order chi connectivity index (χ0) is 13.7. The number of para-hydroxylation sites is 1. The standard InChI is InChI=1S/C14H15N3OS/c1-3-10-8-12(16-9-15-10)14(18)17-11-6-4-5-7-13(11)19-2/h4-9H,3H2,1-2H3,(H,17,18). The van der Waals surface area contributed by atoms with Crippen LogP contribution in [0.5, 0.6) is 0 Å². The van der Waals surface area contributed by atoms with Gasteiger partial charge >= 0.3 is 0 Å². The summed E-state index contributed by atoms with van der Waals surface area (Å²) in [6, 6.07) is 9.41. The van der Waals surface area contributed by atoms with Crippen LogP contribution in [0.15, 0.2) is 41.6 Å². The monoisotopic (exact) mass is 273 g/mol. The molecule has 0 aliphatic carbocycles. The lowest BCUT2D eigenvalue weighted by molar-refractivity contribution is 0.102. The first-order valence-corrected chi connectivity index (χ1v) is 7.22. The van der Waals surface area contributed by atoms with Crippen molar-refractivity contribution in [2.75, 3.05) is 11.6 Å². The lowest BCUT2D eigenvalue weighted by Crippen LogP contribution is -2.14. The Kier molecular flexibility index (Phi) is 4.52. The third-order valence-corrected chi connectivity index (χ3v) is 3.47. The molecule has 1 aromatic carbocycles. The Balaban J connectivity index is 2.20. The zero-order valence-electron chi connectivity index (χ0n) is 10.9. The molecule has 2 rings (SSSR count). The van der Waals surface area contributed by atoms with Crippen LogP contribution >= 0.6 is 11.8 Å². The molecule has 0 saturated carbocycles. The maximum absolute atomic E-state index is 12.1. The topological polar surface area (TPSA) is 54.9 Å². The minimum Gasteiger partial charge on any atom is -0.320 e. The van der Waals surface area contributed by atoms with Crippen molar-refractivity contribution in [3.05, 3.63) is 48.0 Å². The predicted molar refractivity (Wildman–Crippen MR) is 77.6 cm³/mol. The first-order valence-electron chi connectivity index (χ1n) is 6.00. The lowest BCUT2D eigenvalue weighted by atomic mass is 10.2. The van der Waals surface area contributed by atoms with Crippen molar-refractivity contribution in [1.29, 1.82) is 0 Å². The number of hydrogen-bond acceptors (Lipinski definition) is 4. The quantitative estimate of drug-likeness (QED) is 0.870. The highest BCUT2D eigenvalue weighted by molar-refractivity contribution is 7.98. The van der Waals surface area contributed by atoms with Crippen molar-refractivity contribution in [1.82, 2.24) is 9.97 Å². The normalized spacial score (nSPS) is 10.2. The van der Waals surface area contributed by atoms with E-state index in [0.29, 0.717) is 5.69 Å². The van der Waals surface area contributed by atoms with Gasteiger partial charge in [0, 0.05) is 10.6 Å². The van der Waals surface area contributed by atoms with Crippen molar-refractivity contribution in [2.24, 2.45) is 0 Å². The minimum absolute atomic E-state index is 0.210. The third kappa shape index (κ3) is 3.32. The van der Waals surface area contributed by atoms with Crippen molar-refractivity contribution in [3.63, 3.8) is 0 Å². The number of anilines is 1. The van der Waals surface area contributed by atoms with E-state index in [4.69, 9.17) is 0 Å². The van der Waals surface area contributed by atoms with Gasteiger partial charge in [-0.15, -0.1) is 11.8 Å². The number of thioether (sulfide) groups is 1. The van der Waals surface area contributed by atoms with E-state index in [-0.39, 0.29) is 5.91 Å². The third-order valence-electron chi connectivity index (χ3n) is 2.67. The van der Waals surface area contributed by atoms with Gasteiger partial charge in [0.15, 0.2) is 0 Å². The summed E-state index contributed by atoms with van der Waals surface area (Å²) in [7, 11) is 0.